The molecular weight excluding hydrogens is 230 g/mol. The molecule has 2 rings (SSSR count). The fourth-order valence-electron chi connectivity index (χ4n) is 2.34. The van der Waals surface area contributed by atoms with Gasteiger partial charge in [-0.05, 0) is 37.6 Å². The summed E-state index contributed by atoms with van der Waals surface area (Å²) in [6.07, 6.45) is 1.16. The van der Waals surface area contributed by atoms with Crippen LogP contribution in [0.2, 0.25) is 0 Å². The van der Waals surface area contributed by atoms with Crippen LogP contribution in [0.1, 0.15) is 25.0 Å². The van der Waals surface area contributed by atoms with Crippen LogP contribution in [0.15, 0.2) is 23.1 Å². The van der Waals surface area contributed by atoms with E-state index in [1.54, 1.807) is 0 Å². The van der Waals surface area contributed by atoms with Crippen molar-refractivity contribution in [3.8, 4) is 0 Å². The van der Waals surface area contributed by atoms with Crippen molar-refractivity contribution in [1.29, 1.82) is 0 Å². The molecule has 3 heteroatoms. The van der Waals surface area contributed by atoms with Gasteiger partial charge in [-0.25, -0.2) is 0 Å². The number of likely N-dealkylation sites (N-methyl/N-ethyl adjacent to an activating group) is 1. The lowest BCUT2D eigenvalue weighted by molar-refractivity contribution is 0.175. The molecule has 94 valence electrons. The summed E-state index contributed by atoms with van der Waals surface area (Å²) in [4.78, 5) is 1.41. The third-order valence-corrected chi connectivity index (χ3v) is 5.18. The molecule has 0 fully saturated rings. The first-order valence-electron chi connectivity index (χ1n) is 6.16. The lowest BCUT2D eigenvalue weighted by atomic mass is 9.76. The summed E-state index contributed by atoms with van der Waals surface area (Å²) in [5.41, 5.74) is 2.47. The third kappa shape index (κ3) is 2.24. The molecule has 2 unspecified atom stereocenters. The monoisotopic (exact) mass is 251 g/mol. The number of nitrogens with one attached hydrogen (secondary N) is 1. The van der Waals surface area contributed by atoms with Crippen molar-refractivity contribution < 1.29 is 5.11 Å². The summed E-state index contributed by atoms with van der Waals surface area (Å²) in [7, 11) is 1.95. The minimum atomic E-state index is -0.211. The summed E-state index contributed by atoms with van der Waals surface area (Å²) in [5.74, 6) is 1.19. The first kappa shape index (κ1) is 12.9. The largest absolute Gasteiger partial charge is 0.395 e. The van der Waals surface area contributed by atoms with Crippen molar-refractivity contribution >= 4 is 11.8 Å². The fourth-order valence-corrected chi connectivity index (χ4v) is 3.39. The average Bonchev–Trinajstić information content (AvgIpc) is 2.83. The van der Waals surface area contributed by atoms with Gasteiger partial charge < -0.3 is 10.4 Å². The summed E-state index contributed by atoms with van der Waals surface area (Å²) >= 11 is 1.93. The lowest BCUT2D eigenvalue weighted by Gasteiger charge is -2.34. The molecule has 1 aliphatic heterocycles. The van der Waals surface area contributed by atoms with Crippen molar-refractivity contribution in [3.63, 3.8) is 0 Å². The van der Waals surface area contributed by atoms with Crippen molar-refractivity contribution in [2.75, 3.05) is 19.4 Å². The smallest absolute Gasteiger partial charge is 0.0540 e. The quantitative estimate of drug-likeness (QED) is 0.860. The number of aryl methyl sites for hydroxylation is 1. The molecular formula is C14H21NOS. The number of rotatable bonds is 4. The average molecular weight is 251 g/mol. The Morgan fingerprint density at radius 1 is 1.53 bits per heavy atom. The molecule has 2 nitrogen and oxygen atoms in total. The molecule has 2 atom stereocenters. The molecule has 0 saturated heterocycles. The molecule has 1 aromatic rings. The number of aliphatic hydroxyl groups excluding tert-OH is 1. The zero-order chi connectivity index (χ0) is 12.5. The fraction of sp³-hybridized carbons (Fsp3) is 0.571. The molecule has 1 aliphatic rings. The highest BCUT2D eigenvalue weighted by molar-refractivity contribution is 7.99. The van der Waals surface area contributed by atoms with Crippen molar-refractivity contribution in [2.24, 2.45) is 0 Å². The van der Waals surface area contributed by atoms with Gasteiger partial charge in [-0.3, -0.25) is 0 Å². The van der Waals surface area contributed by atoms with E-state index >= 15 is 0 Å². The van der Waals surface area contributed by atoms with E-state index in [2.05, 4.69) is 37.4 Å². The molecule has 0 bridgehead atoms. The van der Waals surface area contributed by atoms with E-state index < -0.39 is 0 Å². The van der Waals surface area contributed by atoms with E-state index in [-0.39, 0.29) is 18.1 Å². The Bertz CT molecular complexity index is 407. The standard InChI is InChI=1S/C14H21NOS/c1-10(15-3)14(2,9-16)12-4-5-13-11(8-12)6-7-17-13/h4-5,8,10,15-16H,6-7,9H2,1-3H3. The van der Waals surface area contributed by atoms with Crippen LogP contribution in [0, 0.1) is 0 Å². The Balaban J connectivity index is 2.37. The maximum Gasteiger partial charge on any atom is 0.0540 e. The molecule has 0 amide bonds. The minimum absolute atomic E-state index is 0.168. The minimum Gasteiger partial charge on any atom is -0.395 e. The van der Waals surface area contributed by atoms with Gasteiger partial charge >= 0.3 is 0 Å². The zero-order valence-corrected chi connectivity index (χ0v) is 11.6. The topological polar surface area (TPSA) is 32.3 Å². The summed E-state index contributed by atoms with van der Waals surface area (Å²) in [6.45, 7) is 4.41. The van der Waals surface area contributed by atoms with Crippen LogP contribution in [0.5, 0.6) is 0 Å². The SMILES string of the molecule is CNC(C)C(C)(CO)c1ccc2c(c1)CCS2. The van der Waals surface area contributed by atoms with Crippen LogP contribution >= 0.6 is 11.8 Å². The van der Waals surface area contributed by atoms with Gasteiger partial charge in [-0.15, -0.1) is 11.8 Å². The summed E-state index contributed by atoms with van der Waals surface area (Å²) in [6, 6.07) is 6.90. The second-order valence-electron chi connectivity index (χ2n) is 5.01. The first-order valence-corrected chi connectivity index (χ1v) is 7.14. The normalized spacial score (nSPS) is 19.8. The van der Waals surface area contributed by atoms with E-state index in [0.29, 0.717) is 0 Å². The first-order chi connectivity index (χ1) is 8.11. The van der Waals surface area contributed by atoms with Gasteiger partial charge in [-0.1, -0.05) is 19.1 Å². The number of aliphatic hydroxyl groups is 1. The molecule has 17 heavy (non-hydrogen) atoms. The third-order valence-electron chi connectivity index (χ3n) is 4.07. The molecule has 0 saturated carbocycles. The van der Waals surface area contributed by atoms with E-state index in [9.17, 15) is 5.11 Å². The maximum absolute atomic E-state index is 9.74. The van der Waals surface area contributed by atoms with Crippen molar-refractivity contribution in [2.45, 2.75) is 36.6 Å². The molecule has 0 aliphatic carbocycles. The number of hydrogen-bond donors (Lipinski definition) is 2. The van der Waals surface area contributed by atoms with Gasteiger partial charge in [0.25, 0.3) is 0 Å². The van der Waals surface area contributed by atoms with E-state index in [0.717, 1.165) is 6.42 Å². The van der Waals surface area contributed by atoms with Gasteiger partial charge in [0.1, 0.15) is 0 Å². The summed E-state index contributed by atoms with van der Waals surface area (Å²) < 4.78 is 0. The predicted molar refractivity (Wildman–Crippen MR) is 73.8 cm³/mol. The highest BCUT2D eigenvalue weighted by Gasteiger charge is 2.32. The van der Waals surface area contributed by atoms with Gasteiger partial charge in [0.15, 0.2) is 0 Å². The Hall–Kier alpha value is -0.510. The molecule has 1 heterocycles. The Morgan fingerprint density at radius 2 is 2.29 bits per heavy atom. The Kier molecular flexibility index (Phi) is 3.81. The zero-order valence-electron chi connectivity index (χ0n) is 10.8. The van der Waals surface area contributed by atoms with Crippen molar-refractivity contribution in [3.05, 3.63) is 29.3 Å². The number of hydrogen-bond acceptors (Lipinski definition) is 3. The number of thioether (sulfide) groups is 1. The Labute approximate surface area is 108 Å². The van der Waals surface area contributed by atoms with Gasteiger partial charge in [0.05, 0.1) is 6.61 Å². The number of benzene rings is 1. The molecule has 2 N–H and O–H groups in total. The predicted octanol–water partition coefficient (Wildman–Crippen LogP) is 2.19. The molecule has 0 radical (unpaired) electrons. The van der Waals surface area contributed by atoms with E-state index in [1.165, 1.54) is 21.8 Å². The number of fused-ring (bicyclic) bond motifs is 1. The second kappa shape index (κ2) is 5.01. The Morgan fingerprint density at radius 3 is 2.94 bits per heavy atom. The van der Waals surface area contributed by atoms with Gasteiger partial charge in [0, 0.05) is 22.1 Å². The molecule has 0 spiro atoms. The van der Waals surface area contributed by atoms with E-state index in [1.807, 2.05) is 18.8 Å². The van der Waals surface area contributed by atoms with E-state index in [4.69, 9.17) is 0 Å². The van der Waals surface area contributed by atoms with Crippen LogP contribution in [0.25, 0.3) is 0 Å². The highest BCUT2D eigenvalue weighted by atomic mass is 32.2. The van der Waals surface area contributed by atoms with Crippen LogP contribution in [-0.2, 0) is 11.8 Å². The van der Waals surface area contributed by atoms with Gasteiger partial charge in [-0.2, -0.15) is 0 Å². The van der Waals surface area contributed by atoms with Crippen LogP contribution in [0.4, 0.5) is 0 Å². The lowest BCUT2D eigenvalue weighted by Crippen LogP contribution is -2.45. The van der Waals surface area contributed by atoms with Crippen molar-refractivity contribution in [1.82, 2.24) is 5.32 Å². The van der Waals surface area contributed by atoms with Crippen LogP contribution in [-0.4, -0.2) is 30.6 Å². The van der Waals surface area contributed by atoms with Crippen LogP contribution < -0.4 is 5.32 Å². The molecule has 0 aromatic heterocycles. The van der Waals surface area contributed by atoms with Crippen LogP contribution in [0.3, 0.4) is 0 Å². The molecule has 1 aromatic carbocycles. The summed E-state index contributed by atoms with van der Waals surface area (Å²) in [5, 5.41) is 13.0. The van der Waals surface area contributed by atoms with Gasteiger partial charge in [0.2, 0.25) is 0 Å². The second-order valence-corrected chi connectivity index (χ2v) is 6.14. The highest BCUT2D eigenvalue weighted by Crippen LogP contribution is 2.35. The maximum atomic E-state index is 9.74.